The van der Waals surface area contributed by atoms with Crippen molar-refractivity contribution in [3.63, 3.8) is 0 Å². The summed E-state index contributed by atoms with van der Waals surface area (Å²) in [5.41, 5.74) is 3.13. The molecule has 0 atom stereocenters. The highest BCUT2D eigenvalue weighted by Crippen LogP contribution is 2.27. The zero-order valence-electron chi connectivity index (χ0n) is 18.7. The molecule has 4 aromatic rings. The summed E-state index contributed by atoms with van der Waals surface area (Å²) >= 11 is 0. The van der Waals surface area contributed by atoms with Gasteiger partial charge in [0.25, 0.3) is 11.8 Å². The number of ether oxygens (including phenoxy) is 2. The Morgan fingerprint density at radius 1 is 0.706 bits per heavy atom. The lowest BCUT2D eigenvalue weighted by Crippen LogP contribution is -2.14. The van der Waals surface area contributed by atoms with E-state index in [1.165, 1.54) is 7.11 Å². The zero-order valence-corrected chi connectivity index (χ0v) is 18.7. The maximum atomic E-state index is 12.7. The van der Waals surface area contributed by atoms with E-state index >= 15 is 0 Å². The molecule has 0 spiro atoms. The molecule has 0 aliphatic heterocycles. The molecule has 0 fully saturated rings. The number of carbonyl (C=O) groups excluding carboxylic acids is 2. The van der Waals surface area contributed by atoms with Crippen LogP contribution in [0.1, 0.15) is 26.3 Å². The lowest BCUT2D eigenvalue weighted by Gasteiger charge is -2.12. The third kappa shape index (κ3) is 5.81. The summed E-state index contributed by atoms with van der Waals surface area (Å²) in [4.78, 5) is 25.2. The van der Waals surface area contributed by atoms with E-state index in [4.69, 9.17) is 9.47 Å². The minimum Gasteiger partial charge on any atom is -0.495 e. The summed E-state index contributed by atoms with van der Waals surface area (Å²) in [7, 11) is 1.49. The molecule has 0 aromatic heterocycles. The largest absolute Gasteiger partial charge is 0.495 e. The maximum Gasteiger partial charge on any atom is 0.255 e. The molecule has 0 saturated heterocycles. The predicted octanol–water partition coefficient (Wildman–Crippen LogP) is 5.78. The van der Waals surface area contributed by atoms with Crippen molar-refractivity contribution in [1.29, 1.82) is 0 Å². The molecule has 6 nitrogen and oxygen atoms in total. The van der Waals surface area contributed by atoms with Crippen LogP contribution in [0.2, 0.25) is 0 Å². The minimum absolute atomic E-state index is 0.259. The molecule has 0 radical (unpaired) electrons. The molecular weight excluding hydrogens is 428 g/mol. The molecule has 0 aliphatic rings. The van der Waals surface area contributed by atoms with Crippen molar-refractivity contribution in [2.75, 3.05) is 17.7 Å². The van der Waals surface area contributed by atoms with Gasteiger partial charge in [0.05, 0.1) is 12.8 Å². The number of benzene rings is 4. The van der Waals surface area contributed by atoms with Crippen LogP contribution < -0.4 is 20.1 Å². The predicted molar refractivity (Wildman–Crippen MR) is 133 cm³/mol. The SMILES string of the molecule is COc1cc(C(=O)Nc2ccc(OCc3ccccc3)cc2)ccc1NC(=O)c1ccccc1. The van der Waals surface area contributed by atoms with Gasteiger partial charge in [0.1, 0.15) is 18.1 Å². The van der Waals surface area contributed by atoms with Crippen molar-refractivity contribution in [3.05, 3.63) is 120 Å². The molecule has 0 bridgehead atoms. The lowest BCUT2D eigenvalue weighted by molar-refractivity contribution is 0.102. The van der Waals surface area contributed by atoms with Crippen LogP contribution in [-0.2, 0) is 6.61 Å². The van der Waals surface area contributed by atoms with Crippen molar-refractivity contribution >= 4 is 23.2 Å². The smallest absolute Gasteiger partial charge is 0.255 e. The van der Waals surface area contributed by atoms with E-state index in [2.05, 4.69) is 10.6 Å². The Morgan fingerprint density at radius 2 is 1.35 bits per heavy atom. The van der Waals surface area contributed by atoms with E-state index < -0.39 is 0 Å². The summed E-state index contributed by atoms with van der Waals surface area (Å²) in [6.07, 6.45) is 0. The normalized spacial score (nSPS) is 10.3. The standard InChI is InChI=1S/C28H24N2O4/c1-33-26-18-22(12-17-25(26)30-27(31)21-10-6-3-7-11-21)28(32)29-23-13-15-24(16-14-23)34-19-20-8-4-2-5-9-20/h2-18H,19H2,1H3,(H,29,32)(H,30,31). The van der Waals surface area contributed by atoms with E-state index in [0.29, 0.717) is 40.6 Å². The van der Waals surface area contributed by atoms with E-state index in [1.54, 1.807) is 66.7 Å². The number of amides is 2. The topological polar surface area (TPSA) is 76.7 Å². The van der Waals surface area contributed by atoms with Gasteiger partial charge in [-0.15, -0.1) is 0 Å². The maximum absolute atomic E-state index is 12.7. The van der Waals surface area contributed by atoms with Gasteiger partial charge >= 0.3 is 0 Å². The van der Waals surface area contributed by atoms with Gasteiger partial charge in [-0.1, -0.05) is 48.5 Å². The van der Waals surface area contributed by atoms with Crippen molar-refractivity contribution in [2.45, 2.75) is 6.61 Å². The molecule has 0 unspecified atom stereocenters. The Kier molecular flexibility index (Phi) is 7.20. The number of carbonyl (C=O) groups is 2. The van der Waals surface area contributed by atoms with Gasteiger partial charge in [0.15, 0.2) is 0 Å². The third-order valence-corrected chi connectivity index (χ3v) is 5.11. The summed E-state index contributed by atoms with van der Waals surface area (Å²) in [6, 6.07) is 30.8. The number of rotatable bonds is 8. The monoisotopic (exact) mass is 452 g/mol. The summed E-state index contributed by atoms with van der Waals surface area (Å²) in [5.74, 6) is 0.548. The van der Waals surface area contributed by atoms with Crippen molar-refractivity contribution < 1.29 is 19.1 Å². The zero-order chi connectivity index (χ0) is 23.8. The Morgan fingerprint density at radius 3 is 2.03 bits per heavy atom. The Balaban J connectivity index is 1.38. The Hall–Kier alpha value is -4.58. The third-order valence-electron chi connectivity index (χ3n) is 5.11. The van der Waals surface area contributed by atoms with Crippen molar-refractivity contribution in [3.8, 4) is 11.5 Å². The van der Waals surface area contributed by atoms with Gasteiger partial charge in [0, 0.05) is 16.8 Å². The fraction of sp³-hybridized carbons (Fsp3) is 0.0714. The highest BCUT2D eigenvalue weighted by Gasteiger charge is 2.13. The molecule has 0 saturated carbocycles. The molecule has 2 N–H and O–H groups in total. The Labute approximate surface area is 198 Å². The van der Waals surface area contributed by atoms with Crippen LogP contribution in [0.15, 0.2) is 103 Å². The minimum atomic E-state index is -0.294. The van der Waals surface area contributed by atoms with Crippen LogP contribution in [0.5, 0.6) is 11.5 Å². The van der Waals surface area contributed by atoms with Gasteiger partial charge in [-0.25, -0.2) is 0 Å². The molecule has 0 heterocycles. The van der Waals surface area contributed by atoms with Crippen LogP contribution in [0.25, 0.3) is 0 Å². The van der Waals surface area contributed by atoms with E-state index in [9.17, 15) is 9.59 Å². The van der Waals surface area contributed by atoms with Gasteiger partial charge < -0.3 is 20.1 Å². The molecule has 170 valence electrons. The first-order valence-corrected chi connectivity index (χ1v) is 10.7. The lowest BCUT2D eigenvalue weighted by atomic mass is 10.1. The van der Waals surface area contributed by atoms with Gasteiger partial charge in [0.2, 0.25) is 0 Å². The average Bonchev–Trinajstić information content (AvgIpc) is 2.89. The molecule has 4 rings (SSSR count). The first-order chi connectivity index (χ1) is 16.6. The van der Waals surface area contributed by atoms with Crippen LogP contribution in [0, 0.1) is 0 Å². The first-order valence-electron chi connectivity index (χ1n) is 10.7. The fourth-order valence-corrected chi connectivity index (χ4v) is 3.30. The number of hydrogen-bond donors (Lipinski definition) is 2. The molecule has 34 heavy (non-hydrogen) atoms. The van der Waals surface area contributed by atoms with Crippen LogP contribution in [0.4, 0.5) is 11.4 Å². The quantitative estimate of drug-likeness (QED) is 0.355. The van der Waals surface area contributed by atoms with Crippen LogP contribution in [-0.4, -0.2) is 18.9 Å². The second-order valence-corrected chi connectivity index (χ2v) is 7.49. The molecule has 0 aliphatic carbocycles. The number of hydrogen-bond acceptors (Lipinski definition) is 4. The molecule has 4 aromatic carbocycles. The average molecular weight is 453 g/mol. The molecule has 6 heteroatoms. The number of methoxy groups -OCH3 is 1. The highest BCUT2D eigenvalue weighted by atomic mass is 16.5. The van der Waals surface area contributed by atoms with Crippen molar-refractivity contribution in [2.24, 2.45) is 0 Å². The van der Waals surface area contributed by atoms with E-state index in [1.807, 2.05) is 36.4 Å². The van der Waals surface area contributed by atoms with Gasteiger partial charge in [-0.05, 0) is 60.2 Å². The van der Waals surface area contributed by atoms with Crippen LogP contribution >= 0.6 is 0 Å². The van der Waals surface area contributed by atoms with Gasteiger partial charge in [-0.3, -0.25) is 9.59 Å². The molecule has 2 amide bonds. The van der Waals surface area contributed by atoms with E-state index in [-0.39, 0.29) is 11.8 Å². The second-order valence-electron chi connectivity index (χ2n) is 7.49. The van der Waals surface area contributed by atoms with Crippen molar-refractivity contribution in [1.82, 2.24) is 0 Å². The summed E-state index contributed by atoms with van der Waals surface area (Å²) < 4.78 is 11.2. The Bertz CT molecular complexity index is 1260. The van der Waals surface area contributed by atoms with Crippen LogP contribution in [0.3, 0.4) is 0 Å². The number of anilines is 2. The second kappa shape index (κ2) is 10.8. The number of nitrogens with one attached hydrogen (secondary N) is 2. The molecular formula is C28H24N2O4. The first kappa shape index (κ1) is 22.6. The van der Waals surface area contributed by atoms with Gasteiger partial charge in [-0.2, -0.15) is 0 Å². The fourth-order valence-electron chi connectivity index (χ4n) is 3.30. The highest BCUT2D eigenvalue weighted by molar-refractivity contribution is 6.07. The van der Waals surface area contributed by atoms with E-state index in [0.717, 1.165) is 5.56 Å². The summed E-state index contributed by atoms with van der Waals surface area (Å²) in [5, 5.41) is 5.67. The summed E-state index contributed by atoms with van der Waals surface area (Å²) in [6.45, 7) is 0.472.